The topological polar surface area (TPSA) is 67.7 Å². The summed E-state index contributed by atoms with van der Waals surface area (Å²) < 4.78 is 7.31. The van der Waals surface area contributed by atoms with Gasteiger partial charge in [-0.05, 0) is 45.2 Å². The first-order valence-corrected chi connectivity index (χ1v) is 11.8. The molecule has 3 heterocycles. The van der Waals surface area contributed by atoms with Gasteiger partial charge >= 0.3 is 0 Å². The van der Waals surface area contributed by atoms with Crippen molar-refractivity contribution in [3.63, 3.8) is 0 Å². The SMILES string of the molecule is C[C@@H]1CCC[C@H](C)N1C(=O)CSc1nc2ccccc2n1CC(=O)N1CCOCC1. The number of piperidine rings is 1. The summed E-state index contributed by atoms with van der Waals surface area (Å²) in [5.74, 6) is 0.551. The van der Waals surface area contributed by atoms with Crippen LogP contribution in [0.3, 0.4) is 0 Å². The molecule has 0 N–H and O–H groups in total. The van der Waals surface area contributed by atoms with Crippen LogP contribution in [0.15, 0.2) is 29.4 Å². The van der Waals surface area contributed by atoms with Crippen molar-refractivity contribution in [2.75, 3.05) is 32.1 Å². The van der Waals surface area contributed by atoms with Gasteiger partial charge in [-0.25, -0.2) is 4.98 Å². The van der Waals surface area contributed by atoms with Crippen LogP contribution in [-0.2, 0) is 20.9 Å². The largest absolute Gasteiger partial charge is 0.378 e. The lowest BCUT2D eigenvalue weighted by molar-refractivity contribution is -0.136. The van der Waals surface area contributed by atoms with Crippen LogP contribution in [0.5, 0.6) is 0 Å². The minimum atomic E-state index is 0.0629. The summed E-state index contributed by atoms with van der Waals surface area (Å²) in [6, 6.07) is 8.39. The number of fused-ring (bicyclic) bond motifs is 1. The summed E-state index contributed by atoms with van der Waals surface area (Å²) in [6.07, 6.45) is 3.30. The first kappa shape index (κ1) is 21.2. The van der Waals surface area contributed by atoms with Gasteiger partial charge in [0.15, 0.2) is 5.16 Å². The van der Waals surface area contributed by atoms with Gasteiger partial charge < -0.3 is 19.1 Å². The number of morpholine rings is 1. The number of hydrogen-bond acceptors (Lipinski definition) is 5. The molecule has 2 aromatic rings. The van der Waals surface area contributed by atoms with Gasteiger partial charge in [0, 0.05) is 25.2 Å². The van der Waals surface area contributed by atoms with E-state index in [4.69, 9.17) is 9.72 Å². The third-order valence-electron chi connectivity index (χ3n) is 6.08. The standard InChI is InChI=1S/C22H30N4O3S/c1-16-6-5-7-17(2)26(16)21(28)15-30-22-23-18-8-3-4-9-19(18)25(22)14-20(27)24-10-12-29-13-11-24/h3-4,8-9,16-17H,5-7,10-15H2,1-2H3/t16-,17+. The molecule has 2 aliphatic rings. The lowest BCUT2D eigenvalue weighted by Crippen LogP contribution is -2.48. The number of rotatable bonds is 5. The molecule has 0 unspecified atom stereocenters. The fourth-order valence-electron chi connectivity index (χ4n) is 4.48. The Morgan fingerprint density at radius 2 is 1.80 bits per heavy atom. The summed E-state index contributed by atoms with van der Waals surface area (Å²) in [5, 5.41) is 0.725. The Balaban J connectivity index is 1.51. The van der Waals surface area contributed by atoms with Crippen LogP contribution in [0.4, 0.5) is 0 Å². The van der Waals surface area contributed by atoms with Crippen LogP contribution in [0, 0.1) is 0 Å². The minimum absolute atomic E-state index is 0.0629. The van der Waals surface area contributed by atoms with E-state index in [1.165, 1.54) is 18.2 Å². The number of benzene rings is 1. The molecule has 1 aromatic carbocycles. The van der Waals surface area contributed by atoms with Crippen LogP contribution in [0.2, 0.25) is 0 Å². The zero-order valence-corrected chi connectivity index (χ0v) is 18.6. The molecule has 1 aromatic heterocycles. The number of carbonyl (C=O) groups is 2. The van der Waals surface area contributed by atoms with Gasteiger partial charge in [0.25, 0.3) is 0 Å². The Morgan fingerprint density at radius 3 is 2.53 bits per heavy atom. The van der Waals surface area contributed by atoms with E-state index in [0.717, 1.165) is 29.0 Å². The van der Waals surface area contributed by atoms with E-state index in [1.54, 1.807) is 0 Å². The van der Waals surface area contributed by atoms with Crippen molar-refractivity contribution in [2.45, 2.75) is 56.9 Å². The second kappa shape index (κ2) is 9.39. The number of likely N-dealkylation sites (tertiary alicyclic amines) is 1. The maximum atomic E-state index is 13.0. The van der Waals surface area contributed by atoms with Gasteiger partial charge in [0.1, 0.15) is 6.54 Å². The first-order valence-electron chi connectivity index (χ1n) is 10.8. The quantitative estimate of drug-likeness (QED) is 0.683. The van der Waals surface area contributed by atoms with Gasteiger partial charge in [0.05, 0.1) is 30.0 Å². The number of imidazole rings is 1. The lowest BCUT2D eigenvalue weighted by Gasteiger charge is -2.39. The number of hydrogen-bond donors (Lipinski definition) is 0. The predicted molar refractivity (Wildman–Crippen MR) is 117 cm³/mol. The smallest absolute Gasteiger partial charge is 0.242 e. The molecule has 2 aliphatic heterocycles. The monoisotopic (exact) mass is 430 g/mol. The summed E-state index contributed by atoms with van der Waals surface area (Å²) in [7, 11) is 0. The molecule has 0 bridgehead atoms. The van der Waals surface area contributed by atoms with Crippen LogP contribution in [-0.4, -0.2) is 75.3 Å². The fraction of sp³-hybridized carbons (Fsp3) is 0.591. The van der Waals surface area contributed by atoms with Crippen LogP contribution in [0.1, 0.15) is 33.1 Å². The van der Waals surface area contributed by atoms with Crippen LogP contribution >= 0.6 is 11.8 Å². The van der Waals surface area contributed by atoms with Crippen molar-refractivity contribution in [1.29, 1.82) is 0 Å². The van der Waals surface area contributed by atoms with Crippen molar-refractivity contribution < 1.29 is 14.3 Å². The zero-order valence-electron chi connectivity index (χ0n) is 17.7. The molecule has 162 valence electrons. The van der Waals surface area contributed by atoms with E-state index in [2.05, 4.69) is 13.8 Å². The van der Waals surface area contributed by atoms with Crippen molar-refractivity contribution in [1.82, 2.24) is 19.4 Å². The Bertz CT molecular complexity index is 899. The molecule has 2 saturated heterocycles. The lowest BCUT2D eigenvalue weighted by atomic mass is 9.98. The number of amides is 2. The van der Waals surface area contributed by atoms with Gasteiger partial charge in [-0.1, -0.05) is 23.9 Å². The summed E-state index contributed by atoms with van der Waals surface area (Å²) in [4.78, 5) is 34.4. The molecule has 2 fully saturated rings. The second-order valence-electron chi connectivity index (χ2n) is 8.18. The van der Waals surface area contributed by atoms with E-state index in [-0.39, 0.29) is 30.4 Å². The van der Waals surface area contributed by atoms with E-state index in [0.29, 0.717) is 32.1 Å². The van der Waals surface area contributed by atoms with E-state index >= 15 is 0 Å². The number of para-hydroxylation sites is 2. The highest BCUT2D eigenvalue weighted by Crippen LogP contribution is 2.27. The number of nitrogens with zero attached hydrogens (tertiary/aromatic N) is 4. The van der Waals surface area contributed by atoms with E-state index in [1.807, 2.05) is 38.6 Å². The van der Waals surface area contributed by atoms with Gasteiger partial charge in [0.2, 0.25) is 11.8 Å². The Kier molecular flexibility index (Phi) is 6.63. The molecule has 30 heavy (non-hydrogen) atoms. The molecule has 7 nitrogen and oxygen atoms in total. The minimum Gasteiger partial charge on any atom is -0.378 e. The Labute approximate surface area is 181 Å². The highest BCUT2D eigenvalue weighted by Gasteiger charge is 2.29. The molecule has 4 rings (SSSR count). The van der Waals surface area contributed by atoms with Crippen molar-refractivity contribution in [2.24, 2.45) is 0 Å². The zero-order chi connectivity index (χ0) is 21.1. The Morgan fingerprint density at radius 1 is 1.10 bits per heavy atom. The van der Waals surface area contributed by atoms with E-state index in [9.17, 15) is 9.59 Å². The third-order valence-corrected chi connectivity index (χ3v) is 7.04. The maximum Gasteiger partial charge on any atom is 0.242 e. The summed E-state index contributed by atoms with van der Waals surface area (Å²) >= 11 is 1.43. The molecule has 0 radical (unpaired) electrons. The van der Waals surface area contributed by atoms with Crippen LogP contribution in [0.25, 0.3) is 11.0 Å². The molecule has 2 atom stereocenters. The molecular weight excluding hydrogens is 400 g/mol. The number of thioether (sulfide) groups is 1. The first-order chi connectivity index (χ1) is 14.5. The second-order valence-corrected chi connectivity index (χ2v) is 9.12. The number of aromatic nitrogens is 2. The summed E-state index contributed by atoms with van der Waals surface area (Å²) in [6.45, 7) is 6.91. The summed E-state index contributed by atoms with van der Waals surface area (Å²) in [5.41, 5.74) is 1.77. The van der Waals surface area contributed by atoms with Gasteiger partial charge in [-0.3, -0.25) is 9.59 Å². The molecule has 0 saturated carbocycles. The number of carbonyl (C=O) groups excluding carboxylic acids is 2. The Hall–Kier alpha value is -2.06. The van der Waals surface area contributed by atoms with Gasteiger partial charge in [-0.2, -0.15) is 0 Å². The van der Waals surface area contributed by atoms with Crippen molar-refractivity contribution >= 4 is 34.6 Å². The predicted octanol–water partition coefficient (Wildman–Crippen LogP) is 2.78. The molecule has 2 amide bonds. The van der Waals surface area contributed by atoms with Gasteiger partial charge in [-0.15, -0.1) is 0 Å². The normalized spacial score (nSPS) is 22.5. The van der Waals surface area contributed by atoms with Crippen LogP contribution < -0.4 is 0 Å². The molecule has 8 heteroatoms. The molecule has 0 spiro atoms. The number of ether oxygens (including phenoxy) is 1. The highest BCUT2D eigenvalue weighted by atomic mass is 32.2. The third kappa shape index (κ3) is 4.49. The van der Waals surface area contributed by atoms with Crippen molar-refractivity contribution in [3.8, 4) is 0 Å². The average Bonchev–Trinajstić information content (AvgIpc) is 3.10. The molecular formula is C22H30N4O3S. The average molecular weight is 431 g/mol. The fourth-order valence-corrected chi connectivity index (χ4v) is 5.36. The van der Waals surface area contributed by atoms with E-state index < -0.39 is 0 Å². The molecule has 0 aliphatic carbocycles. The maximum absolute atomic E-state index is 13.0. The van der Waals surface area contributed by atoms with Crippen molar-refractivity contribution in [3.05, 3.63) is 24.3 Å². The highest BCUT2D eigenvalue weighted by molar-refractivity contribution is 7.99.